The third-order valence-corrected chi connectivity index (χ3v) is 2.80. The summed E-state index contributed by atoms with van der Waals surface area (Å²) < 4.78 is 0. The van der Waals surface area contributed by atoms with Gasteiger partial charge in [0.25, 0.3) is 0 Å². The Kier molecular flexibility index (Phi) is 6.18. The molecule has 0 saturated carbocycles. The molecule has 0 spiro atoms. The highest BCUT2D eigenvalue weighted by Crippen LogP contribution is 2.02. The lowest BCUT2D eigenvalue weighted by molar-refractivity contribution is -0.122. The van der Waals surface area contributed by atoms with Crippen molar-refractivity contribution in [3.8, 4) is 0 Å². The van der Waals surface area contributed by atoms with Crippen LogP contribution in [0.4, 0.5) is 0 Å². The zero-order valence-corrected chi connectivity index (χ0v) is 10.6. The Morgan fingerprint density at radius 2 is 2.00 bits per heavy atom. The van der Waals surface area contributed by atoms with Gasteiger partial charge in [-0.3, -0.25) is 14.6 Å². The minimum atomic E-state index is -0.280. The number of rotatable bonds is 6. The molecule has 1 rings (SSSR count). The summed E-state index contributed by atoms with van der Waals surface area (Å²) in [6, 6.07) is 0. The predicted molar refractivity (Wildman–Crippen MR) is 67.8 cm³/mol. The fourth-order valence-corrected chi connectivity index (χ4v) is 1.95. The molecule has 1 saturated heterocycles. The van der Waals surface area contributed by atoms with Gasteiger partial charge in [0.1, 0.15) is 0 Å². The molecule has 1 atom stereocenters. The Morgan fingerprint density at radius 1 is 1.41 bits per heavy atom. The topological polar surface area (TPSA) is 55.8 Å². The molecule has 1 aliphatic rings. The summed E-state index contributed by atoms with van der Waals surface area (Å²) in [6.45, 7) is 10.7. The number of carbonyl (C=O) groups is 1. The van der Waals surface area contributed by atoms with E-state index >= 15 is 0 Å². The van der Waals surface area contributed by atoms with Crippen molar-refractivity contribution in [3.63, 3.8) is 0 Å². The van der Waals surface area contributed by atoms with Crippen LogP contribution in [-0.4, -0.2) is 72.7 Å². The Labute approximate surface area is 103 Å². The van der Waals surface area contributed by atoms with Crippen molar-refractivity contribution >= 4 is 5.91 Å². The molecule has 0 radical (unpaired) electrons. The third-order valence-electron chi connectivity index (χ3n) is 2.80. The van der Waals surface area contributed by atoms with Gasteiger partial charge in [-0.25, -0.2) is 0 Å². The lowest BCUT2D eigenvalue weighted by atomic mass is 10.2. The van der Waals surface area contributed by atoms with Gasteiger partial charge in [0, 0.05) is 39.3 Å². The number of aliphatic hydroxyl groups excluding tert-OH is 1. The minimum absolute atomic E-state index is 0.0499. The molecular formula is C12H23N3O2. The molecular weight excluding hydrogens is 218 g/mol. The van der Waals surface area contributed by atoms with E-state index in [-0.39, 0.29) is 12.0 Å². The predicted octanol–water partition coefficient (Wildman–Crippen LogP) is -0.713. The molecule has 0 unspecified atom stereocenters. The molecule has 0 aromatic carbocycles. The Morgan fingerprint density at radius 3 is 2.53 bits per heavy atom. The maximum Gasteiger partial charge on any atom is 0.234 e. The van der Waals surface area contributed by atoms with Crippen molar-refractivity contribution in [2.75, 3.05) is 45.8 Å². The highest BCUT2D eigenvalue weighted by Gasteiger charge is 2.19. The van der Waals surface area contributed by atoms with Gasteiger partial charge in [0.2, 0.25) is 5.91 Å². The first-order valence-electron chi connectivity index (χ1n) is 6.12. The second kappa shape index (κ2) is 7.42. The van der Waals surface area contributed by atoms with Gasteiger partial charge in [0.15, 0.2) is 0 Å². The van der Waals surface area contributed by atoms with Crippen molar-refractivity contribution in [3.05, 3.63) is 12.7 Å². The van der Waals surface area contributed by atoms with Crippen LogP contribution in [-0.2, 0) is 4.79 Å². The molecule has 5 nitrogen and oxygen atoms in total. The van der Waals surface area contributed by atoms with Crippen molar-refractivity contribution in [2.45, 2.75) is 13.0 Å². The Bertz CT molecular complexity index is 248. The van der Waals surface area contributed by atoms with E-state index in [4.69, 9.17) is 0 Å². The van der Waals surface area contributed by atoms with Gasteiger partial charge in [-0.1, -0.05) is 6.08 Å². The SMILES string of the molecule is C=CCNC(=O)CN1CCN(C[C@@H](C)O)CC1. The molecule has 0 aromatic rings. The van der Waals surface area contributed by atoms with Crippen molar-refractivity contribution in [1.29, 1.82) is 0 Å². The number of β-amino-alcohol motifs (C(OH)–C–C–N with tert-alkyl or cyclic N) is 1. The van der Waals surface area contributed by atoms with Crippen LogP contribution in [0.25, 0.3) is 0 Å². The van der Waals surface area contributed by atoms with Crippen LogP contribution in [0.3, 0.4) is 0 Å². The van der Waals surface area contributed by atoms with Crippen LogP contribution in [0.5, 0.6) is 0 Å². The molecule has 1 fully saturated rings. The maximum atomic E-state index is 11.5. The number of amides is 1. The van der Waals surface area contributed by atoms with Crippen LogP contribution in [0.1, 0.15) is 6.92 Å². The summed E-state index contributed by atoms with van der Waals surface area (Å²) >= 11 is 0. The fraction of sp³-hybridized carbons (Fsp3) is 0.750. The molecule has 0 bridgehead atoms. The normalized spacial score (nSPS) is 19.9. The van der Waals surface area contributed by atoms with Crippen molar-refractivity contribution < 1.29 is 9.90 Å². The third kappa shape index (κ3) is 5.81. The smallest absolute Gasteiger partial charge is 0.234 e. The average Bonchev–Trinajstić information content (AvgIpc) is 2.28. The van der Waals surface area contributed by atoms with E-state index in [1.165, 1.54) is 0 Å². The van der Waals surface area contributed by atoms with E-state index in [1.807, 2.05) is 0 Å². The van der Waals surface area contributed by atoms with Crippen molar-refractivity contribution in [1.82, 2.24) is 15.1 Å². The zero-order valence-electron chi connectivity index (χ0n) is 10.6. The highest BCUT2D eigenvalue weighted by molar-refractivity contribution is 5.78. The summed E-state index contributed by atoms with van der Waals surface area (Å²) in [4.78, 5) is 15.8. The van der Waals surface area contributed by atoms with Crippen LogP contribution in [0.15, 0.2) is 12.7 Å². The van der Waals surface area contributed by atoms with E-state index in [0.717, 1.165) is 32.7 Å². The number of piperazine rings is 1. The van der Waals surface area contributed by atoms with Gasteiger partial charge in [-0.2, -0.15) is 0 Å². The Balaban J connectivity index is 2.18. The number of nitrogens with one attached hydrogen (secondary N) is 1. The monoisotopic (exact) mass is 241 g/mol. The molecule has 5 heteroatoms. The molecule has 1 aliphatic heterocycles. The summed E-state index contributed by atoms with van der Waals surface area (Å²) in [5.74, 6) is 0.0499. The van der Waals surface area contributed by atoms with Crippen LogP contribution in [0.2, 0.25) is 0 Å². The number of nitrogens with zero attached hydrogens (tertiary/aromatic N) is 2. The van der Waals surface area contributed by atoms with E-state index in [2.05, 4.69) is 21.7 Å². The van der Waals surface area contributed by atoms with Crippen LogP contribution >= 0.6 is 0 Å². The molecule has 0 aliphatic carbocycles. The average molecular weight is 241 g/mol. The van der Waals surface area contributed by atoms with E-state index in [9.17, 15) is 9.90 Å². The summed E-state index contributed by atoms with van der Waals surface area (Å²) in [5, 5.41) is 12.1. The van der Waals surface area contributed by atoms with Gasteiger partial charge in [-0.05, 0) is 6.92 Å². The molecule has 98 valence electrons. The summed E-state index contributed by atoms with van der Waals surface area (Å²) in [6.07, 6.45) is 1.40. The number of hydrogen-bond acceptors (Lipinski definition) is 4. The first-order valence-corrected chi connectivity index (χ1v) is 6.12. The lowest BCUT2D eigenvalue weighted by Crippen LogP contribution is -2.50. The lowest BCUT2D eigenvalue weighted by Gasteiger charge is -2.34. The van der Waals surface area contributed by atoms with E-state index in [0.29, 0.717) is 13.1 Å². The maximum absolute atomic E-state index is 11.5. The number of carbonyl (C=O) groups excluding carboxylic acids is 1. The second-order valence-electron chi connectivity index (χ2n) is 4.52. The van der Waals surface area contributed by atoms with Gasteiger partial charge in [0.05, 0.1) is 12.6 Å². The first kappa shape index (κ1) is 14.2. The van der Waals surface area contributed by atoms with E-state index in [1.54, 1.807) is 13.0 Å². The molecule has 1 amide bonds. The first-order chi connectivity index (χ1) is 8.11. The summed E-state index contributed by atoms with van der Waals surface area (Å²) in [7, 11) is 0. The standard InChI is InChI=1S/C12H23N3O2/c1-3-4-13-12(17)10-15-7-5-14(6-8-15)9-11(2)16/h3,11,16H,1,4-10H2,2H3,(H,13,17)/t11-/m1/s1. The molecule has 0 aromatic heterocycles. The van der Waals surface area contributed by atoms with Crippen LogP contribution < -0.4 is 5.32 Å². The molecule has 17 heavy (non-hydrogen) atoms. The zero-order chi connectivity index (χ0) is 12.7. The van der Waals surface area contributed by atoms with Crippen LogP contribution in [0, 0.1) is 0 Å². The second-order valence-corrected chi connectivity index (χ2v) is 4.52. The van der Waals surface area contributed by atoms with Crippen molar-refractivity contribution in [2.24, 2.45) is 0 Å². The Hall–Kier alpha value is -0.910. The quantitative estimate of drug-likeness (QED) is 0.603. The minimum Gasteiger partial charge on any atom is -0.392 e. The number of aliphatic hydroxyl groups is 1. The number of hydrogen-bond donors (Lipinski definition) is 2. The van der Waals surface area contributed by atoms with E-state index < -0.39 is 0 Å². The largest absolute Gasteiger partial charge is 0.392 e. The van der Waals surface area contributed by atoms with Gasteiger partial charge in [-0.15, -0.1) is 6.58 Å². The highest BCUT2D eigenvalue weighted by atomic mass is 16.3. The molecule has 2 N–H and O–H groups in total. The summed E-state index contributed by atoms with van der Waals surface area (Å²) in [5.41, 5.74) is 0. The van der Waals surface area contributed by atoms with Gasteiger partial charge < -0.3 is 10.4 Å². The fourth-order valence-electron chi connectivity index (χ4n) is 1.95. The van der Waals surface area contributed by atoms with Gasteiger partial charge >= 0.3 is 0 Å². The molecule has 1 heterocycles.